The normalized spacial score (nSPS) is 22.5. The quantitative estimate of drug-likeness (QED) is 0.767. The smallest absolute Gasteiger partial charge is 0.332 e. The molecule has 22 heavy (non-hydrogen) atoms. The number of hydrogen-bond acceptors (Lipinski definition) is 4. The van der Waals surface area contributed by atoms with E-state index in [1.165, 1.54) is 18.0 Å². The molecule has 3 rings (SSSR count). The van der Waals surface area contributed by atoms with Gasteiger partial charge >= 0.3 is 5.69 Å². The van der Waals surface area contributed by atoms with E-state index in [4.69, 9.17) is 0 Å². The van der Waals surface area contributed by atoms with Gasteiger partial charge in [0.2, 0.25) is 5.95 Å². The first-order valence-corrected chi connectivity index (χ1v) is 7.68. The van der Waals surface area contributed by atoms with Gasteiger partial charge in [-0.05, 0) is 18.3 Å². The SMILES string of the molecule is C[C@H]1C[C@H](C)CN(c2nc3c(c(=O)n(C)c(=O)n3C)n2C)C1. The summed E-state index contributed by atoms with van der Waals surface area (Å²) in [6, 6.07) is 0. The van der Waals surface area contributed by atoms with Crippen molar-refractivity contribution in [2.75, 3.05) is 18.0 Å². The van der Waals surface area contributed by atoms with Crippen LogP contribution in [0.2, 0.25) is 0 Å². The molecule has 0 bridgehead atoms. The molecule has 7 nitrogen and oxygen atoms in total. The van der Waals surface area contributed by atoms with E-state index in [1.807, 2.05) is 11.6 Å². The van der Waals surface area contributed by atoms with Crippen molar-refractivity contribution in [2.45, 2.75) is 20.3 Å². The third kappa shape index (κ3) is 2.07. The summed E-state index contributed by atoms with van der Waals surface area (Å²) < 4.78 is 4.40. The van der Waals surface area contributed by atoms with Gasteiger partial charge in [0, 0.05) is 34.2 Å². The Balaban J connectivity index is 2.23. The Morgan fingerprint density at radius 3 is 2.14 bits per heavy atom. The molecule has 0 radical (unpaired) electrons. The zero-order chi connectivity index (χ0) is 16.2. The molecule has 1 saturated heterocycles. The molecule has 0 spiro atoms. The van der Waals surface area contributed by atoms with Gasteiger partial charge in [-0.2, -0.15) is 4.98 Å². The molecule has 0 N–H and O–H groups in total. The highest BCUT2D eigenvalue weighted by Gasteiger charge is 2.26. The first kappa shape index (κ1) is 14.9. The summed E-state index contributed by atoms with van der Waals surface area (Å²) in [6.45, 7) is 6.33. The van der Waals surface area contributed by atoms with E-state index in [9.17, 15) is 9.59 Å². The van der Waals surface area contributed by atoms with Gasteiger partial charge in [0.1, 0.15) is 0 Å². The summed E-state index contributed by atoms with van der Waals surface area (Å²) in [7, 11) is 5.00. The number of nitrogens with zero attached hydrogens (tertiary/aromatic N) is 5. The van der Waals surface area contributed by atoms with E-state index < -0.39 is 0 Å². The fraction of sp³-hybridized carbons (Fsp3) is 0.667. The maximum absolute atomic E-state index is 12.4. The zero-order valence-corrected chi connectivity index (χ0v) is 13.8. The van der Waals surface area contributed by atoms with E-state index in [1.54, 1.807) is 7.05 Å². The van der Waals surface area contributed by atoms with Gasteiger partial charge in [0.15, 0.2) is 11.2 Å². The summed E-state index contributed by atoms with van der Waals surface area (Å²) in [5, 5.41) is 0. The summed E-state index contributed by atoms with van der Waals surface area (Å²) in [6.07, 6.45) is 1.21. The molecule has 1 aliphatic heterocycles. The first-order chi connectivity index (χ1) is 10.3. The Morgan fingerprint density at radius 2 is 1.55 bits per heavy atom. The van der Waals surface area contributed by atoms with Crippen LogP contribution >= 0.6 is 0 Å². The van der Waals surface area contributed by atoms with Crippen LogP contribution < -0.4 is 16.1 Å². The predicted octanol–water partition coefficient (Wildman–Crippen LogP) is 0.453. The third-order valence-electron chi connectivity index (χ3n) is 4.60. The second-order valence-electron chi connectivity index (χ2n) is 6.70. The number of imidazole rings is 1. The van der Waals surface area contributed by atoms with Crippen molar-refractivity contribution in [1.29, 1.82) is 0 Å². The molecule has 2 aromatic heterocycles. The lowest BCUT2D eigenvalue weighted by Crippen LogP contribution is -2.40. The average molecular weight is 305 g/mol. The van der Waals surface area contributed by atoms with E-state index in [0.717, 1.165) is 23.6 Å². The number of fused-ring (bicyclic) bond motifs is 1. The van der Waals surface area contributed by atoms with Crippen molar-refractivity contribution in [3.63, 3.8) is 0 Å². The summed E-state index contributed by atoms with van der Waals surface area (Å²) in [5.41, 5.74) is 0.293. The van der Waals surface area contributed by atoms with Crippen molar-refractivity contribution in [1.82, 2.24) is 18.7 Å². The van der Waals surface area contributed by atoms with Gasteiger partial charge in [0.25, 0.3) is 5.56 Å². The number of aryl methyl sites for hydroxylation is 2. The van der Waals surface area contributed by atoms with Crippen LogP contribution in [-0.4, -0.2) is 31.8 Å². The fourth-order valence-corrected chi connectivity index (χ4v) is 3.62. The maximum atomic E-state index is 12.4. The number of aromatic nitrogens is 4. The molecule has 0 saturated carbocycles. The van der Waals surface area contributed by atoms with E-state index >= 15 is 0 Å². The Kier molecular flexibility index (Phi) is 3.38. The number of anilines is 1. The third-order valence-corrected chi connectivity index (χ3v) is 4.60. The zero-order valence-electron chi connectivity index (χ0n) is 13.8. The molecular weight excluding hydrogens is 282 g/mol. The molecule has 3 heterocycles. The van der Waals surface area contributed by atoms with E-state index in [0.29, 0.717) is 23.0 Å². The Morgan fingerprint density at radius 1 is 0.955 bits per heavy atom. The van der Waals surface area contributed by atoms with Crippen LogP contribution in [0.25, 0.3) is 11.2 Å². The second kappa shape index (κ2) is 5.00. The van der Waals surface area contributed by atoms with Crippen LogP contribution in [0.4, 0.5) is 5.95 Å². The van der Waals surface area contributed by atoms with Gasteiger partial charge in [0.05, 0.1) is 0 Å². The van der Waals surface area contributed by atoms with Gasteiger partial charge < -0.3 is 9.47 Å². The summed E-state index contributed by atoms with van der Waals surface area (Å²) >= 11 is 0. The molecular formula is C15H23N5O2. The van der Waals surface area contributed by atoms with Crippen molar-refractivity contribution in [3.05, 3.63) is 20.8 Å². The molecule has 0 unspecified atom stereocenters. The van der Waals surface area contributed by atoms with Crippen LogP contribution in [-0.2, 0) is 21.1 Å². The van der Waals surface area contributed by atoms with Gasteiger partial charge in [-0.15, -0.1) is 0 Å². The topological polar surface area (TPSA) is 65.1 Å². The van der Waals surface area contributed by atoms with Crippen molar-refractivity contribution < 1.29 is 0 Å². The summed E-state index contributed by atoms with van der Waals surface area (Å²) in [5.74, 6) is 1.96. The lowest BCUT2D eigenvalue weighted by molar-refractivity contribution is 0.352. The van der Waals surface area contributed by atoms with E-state index in [-0.39, 0.29) is 11.2 Å². The monoisotopic (exact) mass is 305 g/mol. The highest BCUT2D eigenvalue weighted by Crippen LogP contribution is 2.26. The minimum atomic E-state index is -0.345. The molecule has 0 aliphatic carbocycles. The van der Waals surface area contributed by atoms with Gasteiger partial charge in [-0.1, -0.05) is 13.8 Å². The molecule has 7 heteroatoms. The fourth-order valence-electron chi connectivity index (χ4n) is 3.62. The summed E-state index contributed by atoms with van der Waals surface area (Å²) in [4.78, 5) is 31.3. The minimum Gasteiger partial charge on any atom is -0.342 e. The Hall–Kier alpha value is -2.05. The Labute approximate surface area is 128 Å². The number of rotatable bonds is 1. The molecule has 0 amide bonds. The molecule has 120 valence electrons. The van der Waals surface area contributed by atoms with Gasteiger partial charge in [-0.3, -0.25) is 13.9 Å². The Bertz CT molecular complexity index is 834. The van der Waals surface area contributed by atoms with E-state index in [2.05, 4.69) is 23.7 Å². The maximum Gasteiger partial charge on any atom is 0.332 e. The second-order valence-corrected chi connectivity index (χ2v) is 6.70. The average Bonchev–Trinajstić information content (AvgIpc) is 2.79. The molecule has 2 aromatic rings. The van der Waals surface area contributed by atoms with Crippen LogP contribution in [0.15, 0.2) is 9.59 Å². The van der Waals surface area contributed by atoms with Crippen LogP contribution in [0, 0.1) is 11.8 Å². The highest BCUT2D eigenvalue weighted by molar-refractivity contribution is 5.74. The van der Waals surface area contributed by atoms with Crippen molar-refractivity contribution >= 4 is 17.1 Å². The van der Waals surface area contributed by atoms with Crippen LogP contribution in [0.1, 0.15) is 20.3 Å². The first-order valence-electron chi connectivity index (χ1n) is 7.68. The van der Waals surface area contributed by atoms with Crippen LogP contribution in [0.5, 0.6) is 0 Å². The van der Waals surface area contributed by atoms with Crippen LogP contribution in [0.3, 0.4) is 0 Å². The standard InChI is InChI=1S/C15H23N5O2/c1-9-6-10(2)8-20(7-9)14-16-12-11(17(14)3)13(21)19(5)15(22)18(12)4/h9-10H,6-8H2,1-5H3/t9-,10-/m0/s1. The molecule has 2 atom stereocenters. The predicted molar refractivity (Wildman–Crippen MR) is 86.4 cm³/mol. The number of piperidine rings is 1. The van der Waals surface area contributed by atoms with Gasteiger partial charge in [-0.25, -0.2) is 4.79 Å². The molecule has 1 fully saturated rings. The lowest BCUT2D eigenvalue weighted by Gasteiger charge is -2.35. The lowest BCUT2D eigenvalue weighted by atomic mass is 9.92. The van der Waals surface area contributed by atoms with Crippen molar-refractivity contribution in [2.24, 2.45) is 33.0 Å². The highest BCUT2D eigenvalue weighted by atomic mass is 16.2. The molecule has 1 aliphatic rings. The number of hydrogen-bond donors (Lipinski definition) is 0. The minimum absolute atomic E-state index is 0.294. The van der Waals surface area contributed by atoms with Crippen molar-refractivity contribution in [3.8, 4) is 0 Å². The molecule has 0 aromatic carbocycles. The largest absolute Gasteiger partial charge is 0.342 e.